The maximum Gasteiger partial charge on any atom is 0.234 e. The number of nitrogen functional groups attached to an aromatic ring is 1. The molecule has 0 radical (unpaired) electrons. The van der Waals surface area contributed by atoms with Gasteiger partial charge in [-0.2, -0.15) is 0 Å². The number of carbonyl (C=O) groups excluding carboxylic acids is 1. The highest BCUT2D eigenvalue weighted by Gasteiger charge is 2.24. The van der Waals surface area contributed by atoms with Crippen LogP contribution in [0.1, 0.15) is 31.0 Å². The lowest BCUT2D eigenvalue weighted by Gasteiger charge is -2.22. The zero-order valence-corrected chi connectivity index (χ0v) is 19.5. The van der Waals surface area contributed by atoms with Crippen LogP contribution in [0.15, 0.2) is 90.1 Å². The Morgan fingerprint density at radius 3 is 2.06 bits per heavy atom. The molecule has 1 atom stereocenters. The van der Waals surface area contributed by atoms with Crippen molar-refractivity contribution in [3.63, 3.8) is 0 Å². The molecule has 168 valence electrons. The van der Waals surface area contributed by atoms with Crippen molar-refractivity contribution >= 4 is 23.4 Å². The van der Waals surface area contributed by atoms with Crippen LogP contribution in [0.25, 0.3) is 11.4 Å². The molecule has 0 saturated heterocycles. The fraction of sp³-hybridized carbons (Fsp3) is 0.192. The van der Waals surface area contributed by atoms with Crippen LogP contribution in [0, 0.1) is 0 Å². The molecule has 4 aromatic rings. The van der Waals surface area contributed by atoms with Gasteiger partial charge in [-0.1, -0.05) is 72.4 Å². The van der Waals surface area contributed by atoms with Gasteiger partial charge in [0, 0.05) is 17.8 Å². The number of amides is 1. The van der Waals surface area contributed by atoms with Crippen molar-refractivity contribution < 1.29 is 4.79 Å². The van der Waals surface area contributed by atoms with E-state index < -0.39 is 0 Å². The van der Waals surface area contributed by atoms with E-state index in [1.165, 1.54) is 11.8 Å². The van der Waals surface area contributed by atoms with Crippen LogP contribution in [0.4, 0.5) is 5.69 Å². The van der Waals surface area contributed by atoms with Crippen LogP contribution >= 0.6 is 11.8 Å². The highest BCUT2D eigenvalue weighted by molar-refractivity contribution is 8.00. The van der Waals surface area contributed by atoms with Gasteiger partial charge < -0.3 is 15.6 Å². The summed E-state index contributed by atoms with van der Waals surface area (Å²) in [4.78, 5) is 13.2. The minimum Gasteiger partial charge on any atom is -0.399 e. The summed E-state index contributed by atoms with van der Waals surface area (Å²) in [7, 11) is 0. The minimum absolute atomic E-state index is 0.0580. The molecule has 7 heteroatoms. The molecule has 0 bridgehead atoms. The average Bonchev–Trinajstić information content (AvgIpc) is 3.26. The third-order valence-electron chi connectivity index (χ3n) is 5.41. The molecule has 0 aliphatic carbocycles. The molecule has 0 saturated carbocycles. The molecule has 0 spiro atoms. The monoisotopic (exact) mass is 457 g/mol. The number of nitrogens with two attached hydrogens (primary N) is 1. The Morgan fingerprint density at radius 1 is 0.939 bits per heavy atom. The average molecular weight is 458 g/mol. The van der Waals surface area contributed by atoms with Gasteiger partial charge in [0.1, 0.15) is 0 Å². The molecule has 1 amide bonds. The molecule has 33 heavy (non-hydrogen) atoms. The summed E-state index contributed by atoms with van der Waals surface area (Å²) < 4.78 is 2.02. The maximum absolute atomic E-state index is 13.2. The first kappa shape index (κ1) is 22.6. The molecule has 1 unspecified atom stereocenters. The Kier molecular flexibility index (Phi) is 7.10. The van der Waals surface area contributed by atoms with E-state index in [0.29, 0.717) is 17.4 Å². The summed E-state index contributed by atoms with van der Waals surface area (Å²) >= 11 is 1.41. The predicted octanol–water partition coefficient (Wildman–Crippen LogP) is 4.93. The molecule has 0 aliphatic heterocycles. The third kappa shape index (κ3) is 5.26. The van der Waals surface area contributed by atoms with Crippen molar-refractivity contribution in [3.8, 4) is 11.4 Å². The van der Waals surface area contributed by atoms with Gasteiger partial charge in [0.25, 0.3) is 0 Å². The summed E-state index contributed by atoms with van der Waals surface area (Å²) in [6.45, 7) is 4.63. The van der Waals surface area contributed by atoms with Gasteiger partial charge in [0.2, 0.25) is 5.91 Å². The van der Waals surface area contributed by atoms with Crippen LogP contribution in [0.5, 0.6) is 0 Å². The van der Waals surface area contributed by atoms with Crippen molar-refractivity contribution in [2.75, 3.05) is 5.73 Å². The number of nitrogens with zero attached hydrogens (tertiary/aromatic N) is 3. The number of aromatic nitrogens is 3. The predicted molar refractivity (Wildman–Crippen MR) is 134 cm³/mol. The smallest absolute Gasteiger partial charge is 0.234 e. The fourth-order valence-corrected chi connectivity index (χ4v) is 4.55. The van der Waals surface area contributed by atoms with Crippen molar-refractivity contribution in [2.45, 2.75) is 36.8 Å². The summed E-state index contributed by atoms with van der Waals surface area (Å²) in [5.74, 6) is 0.705. The van der Waals surface area contributed by atoms with Gasteiger partial charge in [-0.05, 0) is 49.2 Å². The van der Waals surface area contributed by atoms with E-state index in [0.717, 1.165) is 22.5 Å². The van der Waals surface area contributed by atoms with Gasteiger partial charge >= 0.3 is 0 Å². The number of rotatable bonds is 8. The topological polar surface area (TPSA) is 85.8 Å². The normalized spacial score (nSPS) is 12.0. The zero-order valence-electron chi connectivity index (χ0n) is 18.7. The summed E-state index contributed by atoms with van der Waals surface area (Å²) in [5, 5.41) is 12.3. The number of hydrogen-bond acceptors (Lipinski definition) is 5. The van der Waals surface area contributed by atoms with E-state index in [9.17, 15) is 4.79 Å². The number of thioether (sulfide) groups is 1. The van der Waals surface area contributed by atoms with E-state index in [2.05, 4.69) is 15.5 Å². The first-order chi connectivity index (χ1) is 16.1. The molecular weight excluding hydrogens is 430 g/mol. The molecular formula is C26H27N5OS. The second-order valence-electron chi connectivity index (χ2n) is 7.70. The molecule has 0 aliphatic rings. The standard InChI is InChI=1S/C26H27N5OS/c1-3-31-24(21-14-16-22(27)17-15-21)29-30-26(31)33-18(2)25(32)28-23(19-10-6-4-7-11-19)20-12-8-5-9-13-20/h4-18,23H,3,27H2,1-2H3,(H,28,32). The number of hydrogen-bond donors (Lipinski definition) is 2. The highest BCUT2D eigenvalue weighted by atomic mass is 32.2. The molecule has 1 aromatic heterocycles. The van der Waals surface area contributed by atoms with Gasteiger partial charge in [0.15, 0.2) is 11.0 Å². The summed E-state index contributed by atoms with van der Waals surface area (Å²) in [6, 6.07) is 27.3. The molecule has 4 rings (SSSR count). The number of nitrogens with one attached hydrogen (secondary N) is 1. The van der Waals surface area contributed by atoms with E-state index in [1.807, 2.05) is 103 Å². The first-order valence-electron chi connectivity index (χ1n) is 10.9. The lowest BCUT2D eigenvalue weighted by molar-refractivity contribution is -0.120. The van der Waals surface area contributed by atoms with Gasteiger partial charge in [-0.3, -0.25) is 4.79 Å². The van der Waals surface area contributed by atoms with E-state index in [1.54, 1.807) is 0 Å². The highest BCUT2D eigenvalue weighted by Crippen LogP contribution is 2.28. The molecule has 3 N–H and O–H groups in total. The van der Waals surface area contributed by atoms with Crippen LogP contribution in [-0.4, -0.2) is 25.9 Å². The van der Waals surface area contributed by atoms with Crippen LogP contribution in [0.3, 0.4) is 0 Å². The van der Waals surface area contributed by atoms with Gasteiger partial charge in [-0.25, -0.2) is 0 Å². The van der Waals surface area contributed by atoms with Crippen molar-refractivity contribution in [1.82, 2.24) is 20.1 Å². The van der Waals surface area contributed by atoms with E-state index >= 15 is 0 Å². The Balaban J connectivity index is 1.53. The number of benzene rings is 3. The minimum atomic E-state index is -0.353. The van der Waals surface area contributed by atoms with Crippen molar-refractivity contribution in [2.24, 2.45) is 0 Å². The van der Waals surface area contributed by atoms with Gasteiger partial charge in [-0.15, -0.1) is 10.2 Å². The Morgan fingerprint density at radius 2 is 1.52 bits per heavy atom. The van der Waals surface area contributed by atoms with Crippen LogP contribution in [-0.2, 0) is 11.3 Å². The molecule has 1 heterocycles. The quantitative estimate of drug-likeness (QED) is 0.289. The van der Waals surface area contributed by atoms with Crippen molar-refractivity contribution in [3.05, 3.63) is 96.1 Å². The Labute approximate surface area is 198 Å². The zero-order chi connectivity index (χ0) is 23.2. The second kappa shape index (κ2) is 10.4. The lowest BCUT2D eigenvalue weighted by atomic mass is 9.98. The largest absolute Gasteiger partial charge is 0.399 e. The van der Waals surface area contributed by atoms with Gasteiger partial charge in [0.05, 0.1) is 11.3 Å². The molecule has 3 aromatic carbocycles. The SMILES string of the molecule is CCn1c(SC(C)C(=O)NC(c2ccccc2)c2ccccc2)nnc1-c1ccc(N)cc1. The lowest BCUT2D eigenvalue weighted by Crippen LogP contribution is -2.35. The van der Waals surface area contributed by atoms with Crippen LogP contribution in [0.2, 0.25) is 0 Å². The van der Waals surface area contributed by atoms with Crippen molar-refractivity contribution in [1.29, 1.82) is 0 Å². The number of carbonyl (C=O) groups is 1. The molecule has 0 fully saturated rings. The summed E-state index contributed by atoms with van der Waals surface area (Å²) in [5.41, 5.74) is 9.53. The fourth-order valence-electron chi connectivity index (χ4n) is 3.63. The summed E-state index contributed by atoms with van der Waals surface area (Å²) in [6.07, 6.45) is 0. The maximum atomic E-state index is 13.2. The first-order valence-corrected chi connectivity index (χ1v) is 11.8. The van der Waals surface area contributed by atoms with Crippen LogP contribution < -0.4 is 11.1 Å². The van der Waals surface area contributed by atoms with E-state index in [-0.39, 0.29) is 17.2 Å². The molecule has 6 nitrogen and oxygen atoms in total. The van der Waals surface area contributed by atoms with E-state index in [4.69, 9.17) is 5.73 Å². The number of anilines is 1. The second-order valence-corrected chi connectivity index (χ2v) is 9.00. The third-order valence-corrected chi connectivity index (χ3v) is 6.49. The Bertz CT molecular complexity index is 1150. The Hall–Kier alpha value is -3.58.